The average molecular weight is 283 g/mol. The summed E-state index contributed by atoms with van der Waals surface area (Å²) in [5, 5.41) is 0. The molecule has 0 aromatic heterocycles. The summed E-state index contributed by atoms with van der Waals surface area (Å²) in [7, 11) is 4.15. The van der Waals surface area contributed by atoms with E-state index in [2.05, 4.69) is 46.7 Å². The first-order chi connectivity index (χ1) is 9.33. The Bertz CT molecular complexity index is 327. The van der Waals surface area contributed by atoms with Crippen LogP contribution < -0.4 is 5.73 Å². The molecular weight excluding hydrogens is 252 g/mol. The predicted molar refractivity (Wildman–Crippen MR) is 84.6 cm³/mol. The van der Waals surface area contributed by atoms with Crippen LogP contribution in [0.1, 0.15) is 41.0 Å². The molecule has 1 atom stereocenters. The Balaban J connectivity index is 0.000000344. The van der Waals surface area contributed by atoms with E-state index in [-0.39, 0.29) is 5.92 Å². The smallest absolute Gasteiger partial charge is 0.230 e. The monoisotopic (exact) mass is 283 g/mol. The number of nitrogens with two attached hydrogens (primary N) is 1. The van der Waals surface area contributed by atoms with Crippen LogP contribution in [0.4, 0.5) is 0 Å². The predicted octanol–water partition coefficient (Wildman–Crippen LogP) is 3.27. The topological polar surface area (TPSA) is 47.7 Å². The molecule has 117 valence electrons. The van der Waals surface area contributed by atoms with Crippen molar-refractivity contribution >= 4 is 0 Å². The molecule has 1 aliphatic heterocycles. The highest BCUT2D eigenvalue weighted by atomic mass is 16.7. The molecule has 0 saturated heterocycles. The van der Waals surface area contributed by atoms with Gasteiger partial charge in [-0.1, -0.05) is 27.2 Å². The number of nitrogens with zero attached hydrogens (tertiary/aromatic N) is 1. The fraction of sp³-hybridized carbons (Fsp3) is 0.688. The van der Waals surface area contributed by atoms with E-state index in [0.717, 1.165) is 17.2 Å². The molecule has 4 nitrogen and oxygen atoms in total. The SMILES string of the molecule is CC(C)N(C)C.CC1[CH]C2=C(C=C1N)OCO2.CCC. The van der Waals surface area contributed by atoms with Crippen LogP contribution in [0.2, 0.25) is 0 Å². The zero-order chi connectivity index (χ0) is 15.7. The number of allylic oxidation sites excluding steroid dienone is 3. The molecule has 1 aliphatic carbocycles. The van der Waals surface area contributed by atoms with Crippen molar-refractivity contribution in [1.82, 2.24) is 4.90 Å². The van der Waals surface area contributed by atoms with Crippen molar-refractivity contribution in [2.75, 3.05) is 20.9 Å². The third-order valence-electron chi connectivity index (χ3n) is 2.93. The average Bonchev–Trinajstić information content (AvgIpc) is 2.78. The molecule has 20 heavy (non-hydrogen) atoms. The van der Waals surface area contributed by atoms with Crippen LogP contribution in [0.5, 0.6) is 0 Å². The first-order valence-corrected chi connectivity index (χ1v) is 7.31. The van der Waals surface area contributed by atoms with Crippen molar-refractivity contribution in [3.05, 3.63) is 29.7 Å². The van der Waals surface area contributed by atoms with E-state index in [1.807, 2.05) is 19.4 Å². The van der Waals surface area contributed by atoms with Gasteiger partial charge in [-0.2, -0.15) is 0 Å². The van der Waals surface area contributed by atoms with Gasteiger partial charge in [0.2, 0.25) is 6.79 Å². The van der Waals surface area contributed by atoms with Gasteiger partial charge in [-0.15, -0.1) is 0 Å². The molecule has 0 fully saturated rings. The molecule has 1 unspecified atom stereocenters. The Kier molecular flexibility index (Phi) is 9.14. The van der Waals surface area contributed by atoms with E-state index in [1.165, 1.54) is 6.42 Å². The molecule has 4 heteroatoms. The van der Waals surface area contributed by atoms with Gasteiger partial charge in [0, 0.05) is 30.2 Å². The van der Waals surface area contributed by atoms with Crippen LogP contribution in [0.3, 0.4) is 0 Å². The van der Waals surface area contributed by atoms with Gasteiger partial charge < -0.3 is 20.1 Å². The Labute approximate surface area is 124 Å². The maximum atomic E-state index is 5.69. The van der Waals surface area contributed by atoms with Gasteiger partial charge >= 0.3 is 0 Å². The van der Waals surface area contributed by atoms with E-state index in [4.69, 9.17) is 15.2 Å². The summed E-state index contributed by atoms with van der Waals surface area (Å²) in [5.41, 5.74) is 6.52. The van der Waals surface area contributed by atoms with Crippen molar-refractivity contribution in [2.45, 2.75) is 47.1 Å². The lowest BCUT2D eigenvalue weighted by Crippen LogP contribution is -2.20. The van der Waals surface area contributed by atoms with E-state index in [1.54, 1.807) is 0 Å². The third kappa shape index (κ3) is 6.85. The summed E-state index contributed by atoms with van der Waals surface area (Å²) in [4.78, 5) is 2.17. The Hall–Kier alpha value is -1.16. The van der Waals surface area contributed by atoms with Crippen LogP contribution in [-0.2, 0) is 9.47 Å². The van der Waals surface area contributed by atoms with Gasteiger partial charge in [-0.05, 0) is 27.9 Å². The Morgan fingerprint density at radius 2 is 1.70 bits per heavy atom. The summed E-state index contributed by atoms with van der Waals surface area (Å²) in [5.74, 6) is 1.85. The number of rotatable bonds is 1. The quantitative estimate of drug-likeness (QED) is 0.802. The number of hydrogen-bond donors (Lipinski definition) is 1. The fourth-order valence-electron chi connectivity index (χ4n) is 1.15. The van der Waals surface area contributed by atoms with Gasteiger partial charge in [0.25, 0.3) is 0 Å². The maximum Gasteiger partial charge on any atom is 0.230 e. The summed E-state index contributed by atoms with van der Waals surface area (Å²) in [6.07, 6.45) is 5.05. The van der Waals surface area contributed by atoms with Crippen molar-refractivity contribution in [3.63, 3.8) is 0 Å². The van der Waals surface area contributed by atoms with Crippen LogP contribution >= 0.6 is 0 Å². The standard InChI is InChI=1S/C8H10NO2.C5H13N.C3H8/c1-5-2-7-8(3-6(5)9)11-4-10-7;1-5(2)6(3)4;1-3-2/h2-3,5H,4,9H2,1H3;5H,1-4H3;3H2,1-2H3. The van der Waals surface area contributed by atoms with Gasteiger partial charge in [0.1, 0.15) is 5.76 Å². The largest absolute Gasteiger partial charge is 0.458 e. The number of hydrogen-bond acceptors (Lipinski definition) is 4. The van der Waals surface area contributed by atoms with Gasteiger partial charge in [0.05, 0.1) is 0 Å². The van der Waals surface area contributed by atoms with Crippen LogP contribution in [0.25, 0.3) is 0 Å². The highest BCUT2D eigenvalue weighted by Crippen LogP contribution is 2.30. The minimum Gasteiger partial charge on any atom is -0.458 e. The first kappa shape index (κ1) is 18.8. The van der Waals surface area contributed by atoms with Gasteiger partial charge in [-0.25, -0.2) is 0 Å². The summed E-state index contributed by atoms with van der Waals surface area (Å²) >= 11 is 0. The van der Waals surface area contributed by atoms with Crippen molar-refractivity contribution in [1.29, 1.82) is 0 Å². The molecule has 2 aliphatic rings. The molecule has 1 radical (unpaired) electrons. The van der Waals surface area contributed by atoms with Gasteiger partial charge in [-0.3, -0.25) is 0 Å². The second-order valence-electron chi connectivity index (χ2n) is 5.50. The van der Waals surface area contributed by atoms with E-state index >= 15 is 0 Å². The highest BCUT2D eigenvalue weighted by molar-refractivity contribution is 5.34. The van der Waals surface area contributed by atoms with Crippen LogP contribution in [-0.4, -0.2) is 31.8 Å². The lowest BCUT2D eigenvalue weighted by Gasteiger charge is -2.15. The Morgan fingerprint density at radius 1 is 1.25 bits per heavy atom. The van der Waals surface area contributed by atoms with E-state index in [9.17, 15) is 0 Å². The zero-order valence-corrected chi connectivity index (χ0v) is 14.1. The molecule has 0 saturated carbocycles. The van der Waals surface area contributed by atoms with E-state index < -0.39 is 0 Å². The molecule has 0 amide bonds. The minimum atomic E-state index is 0.260. The third-order valence-corrected chi connectivity index (χ3v) is 2.93. The fourth-order valence-corrected chi connectivity index (χ4v) is 1.15. The molecule has 0 spiro atoms. The normalized spacial score (nSPS) is 20.1. The van der Waals surface area contributed by atoms with Gasteiger partial charge in [0.15, 0.2) is 5.76 Å². The second kappa shape index (κ2) is 9.70. The van der Waals surface area contributed by atoms with Crippen LogP contribution in [0, 0.1) is 12.3 Å². The second-order valence-corrected chi connectivity index (χ2v) is 5.50. The maximum absolute atomic E-state index is 5.69. The van der Waals surface area contributed by atoms with Crippen molar-refractivity contribution < 1.29 is 9.47 Å². The van der Waals surface area contributed by atoms with E-state index in [0.29, 0.717) is 12.8 Å². The summed E-state index contributed by atoms with van der Waals surface area (Å²) < 4.78 is 10.3. The lowest BCUT2D eigenvalue weighted by atomic mass is 9.97. The summed E-state index contributed by atoms with van der Waals surface area (Å²) in [6.45, 7) is 10.9. The minimum absolute atomic E-state index is 0.260. The molecule has 2 rings (SSSR count). The Morgan fingerprint density at radius 3 is 2.15 bits per heavy atom. The molecule has 0 aromatic carbocycles. The highest BCUT2D eigenvalue weighted by Gasteiger charge is 2.24. The molecule has 2 N–H and O–H groups in total. The van der Waals surface area contributed by atoms with Crippen molar-refractivity contribution in [3.8, 4) is 0 Å². The van der Waals surface area contributed by atoms with Crippen LogP contribution in [0.15, 0.2) is 23.3 Å². The van der Waals surface area contributed by atoms with Crippen molar-refractivity contribution in [2.24, 2.45) is 11.7 Å². The molecule has 1 heterocycles. The number of ether oxygens (including phenoxy) is 2. The zero-order valence-electron chi connectivity index (χ0n) is 14.1. The lowest BCUT2D eigenvalue weighted by molar-refractivity contribution is 0.0763. The molecule has 0 bridgehead atoms. The molecular formula is C16H31N2O2. The first-order valence-electron chi connectivity index (χ1n) is 7.31. The molecule has 0 aromatic rings. The summed E-state index contributed by atoms with van der Waals surface area (Å²) in [6, 6.07) is 0.685.